The van der Waals surface area contributed by atoms with Crippen LogP contribution in [-0.2, 0) is 9.53 Å². The molecule has 2 amide bonds. The second kappa shape index (κ2) is 6.91. The van der Waals surface area contributed by atoms with E-state index in [4.69, 9.17) is 5.73 Å². The van der Waals surface area contributed by atoms with Gasteiger partial charge in [0.15, 0.2) is 0 Å². The summed E-state index contributed by atoms with van der Waals surface area (Å²) in [6.45, 7) is 3.75. The molecular weight excluding hydrogens is 258 g/mol. The van der Waals surface area contributed by atoms with Crippen molar-refractivity contribution in [3.63, 3.8) is 0 Å². The first-order chi connectivity index (χ1) is 9.45. The van der Waals surface area contributed by atoms with E-state index < -0.39 is 11.6 Å². The number of nitrogens with two attached hydrogens (primary N) is 1. The largest absolute Gasteiger partial charge is 0.453 e. The SMILES string of the molecule is CCC(N)(CC)C(=O)Nc1cccc(NC(=O)OC)c1. The predicted molar refractivity (Wildman–Crippen MR) is 78.6 cm³/mol. The van der Waals surface area contributed by atoms with E-state index >= 15 is 0 Å². The number of carbonyl (C=O) groups excluding carboxylic acids is 2. The van der Waals surface area contributed by atoms with Gasteiger partial charge in [-0.2, -0.15) is 0 Å². The Hall–Kier alpha value is -2.08. The second-order valence-electron chi connectivity index (χ2n) is 4.51. The molecule has 1 rings (SSSR count). The van der Waals surface area contributed by atoms with Gasteiger partial charge in [-0.15, -0.1) is 0 Å². The van der Waals surface area contributed by atoms with Crippen molar-refractivity contribution in [3.8, 4) is 0 Å². The lowest BCUT2D eigenvalue weighted by molar-refractivity contribution is -0.121. The van der Waals surface area contributed by atoms with Gasteiger partial charge in [0.25, 0.3) is 0 Å². The van der Waals surface area contributed by atoms with Gasteiger partial charge in [-0.05, 0) is 31.0 Å². The third-order valence-corrected chi connectivity index (χ3v) is 3.27. The minimum absolute atomic E-state index is 0.238. The van der Waals surface area contributed by atoms with Crippen molar-refractivity contribution in [3.05, 3.63) is 24.3 Å². The summed E-state index contributed by atoms with van der Waals surface area (Å²) in [6, 6.07) is 6.78. The standard InChI is InChI=1S/C14H21N3O3/c1-4-14(15,5-2)12(18)16-10-7-6-8-11(9-10)17-13(19)20-3/h6-9H,4-5,15H2,1-3H3,(H,16,18)(H,17,19). The molecule has 0 saturated heterocycles. The van der Waals surface area contributed by atoms with E-state index in [2.05, 4.69) is 15.4 Å². The van der Waals surface area contributed by atoms with Crippen LogP contribution in [0.25, 0.3) is 0 Å². The summed E-state index contributed by atoms with van der Waals surface area (Å²) < 4.78 is 4.51. The lowest BCUT2D eigenvalue weighted by atomic mass is 9.93. The second-order valence-corrected chi connectivity index (χ2v) is 4.51. The number of methoxy groups -OCH3 is 1. The van der Waals surface area contributed by atoms with Crippen LogP contribution in [0.4, 0.5) is 16.2 Å². The highest BCUT2D eigenvalue weighted by atomic mass is 16.5. The highest BCUT2D eigenvalue weighted by molar-refractivity contribution is 5.98. The first-order valence-corrected chi connectivity index (χ1v) is 6.50. The molecule has 0 heterocycles. The van der Waals surface area contributed by atoms with Gasteiger partial charge in [0.05, 0.1) is 12.6 Å². The lowest BCUT2D eigenvalue weighted by Crippen LogP contribution is -2.50. The summed E-state index contributed by atoms with van der Waals surface area (Å²) >= 11 is 0. The zero-order valence-corrected chi connectivity index (χ0v) is 12.0. The molecule has 0 bridgehead atoms. The normalized spacial score (nSPS) is 10.8. The first-order valence-electron chi connectivity index (χ1n) is 6.50. The number of carbonyl (C=O) groups is 2. The smallest absolute Gasteiger partial charge is 0.411 e. The third kappa shape index (κ3) is 3.96. The maximum atomic E-state index is 12.1. The van der Waals surface area contributed by atoms with Gasteiger partial charge < -0.3 is 15.8 Å². The number of nitrogens with one attached hydrogen (secondary N) is 2. The van der Waals surface area contributed by atoms with Crippen molar-refractivity contribution in [2.45, 2.75) is 32.2 Å². The number of hydrogen-bond acceptors (Lipinski definition) is 4. The van der Waals surface area contributed by atoms with Crippen molar-refractivity contribution in [1.29, 1.82) is 0 Å². The van der Waals surface area contributed by atoms with Crippen LogP contribution < -0.4 is 16.4 Å². The van der Waals surface area contributed by atoms with E-state index in [1.165, 1.54) is 7.11 Å². The fourth-order valence-electron chi connectivity index (χ4n) is 1.67. The number of rotatable bonds is 5. The number of anilines is 2. The van der Waals surface area contributed by atoms with E-state index in [9.17, 15) is 9.59 Å². The molecule has 1 aromatic rings. The van der Waals surface area contributed by atoms with Crippen LogP contribution in [0.1, 0.15) is 26.7 Å². The molecule has 0 unspecified atom stereocenters. The summed E-state index contributed by atoms with van der Waals surface area (Å²) in [5, 5.41) is 5.29. The summed E-state index contributed by atoms with van der Waals surface area (Å²) in [5.74, 6) is -0.238. The van der Waals surface area contributed by atoms with E-state index in [0.717, 1.165) is 0 Å². The van der Waals surface area contributed by atoms with Gasteiger partial charge in [-0.25, -0.2) is 4.79 Å². The van der Waals surface area contributed by atoms with Crippen LogP contribution in [0.5, 0.6) is 0 Å². The molecule has 0 saturated carbocycles. The zero-order valence-electron chi connectivity index (χ0n) is 12.0. The Bertz CT molecular complexity index is 484. The molecule has 0 aliphatic rings. The van der Waals surface area contributed by atoms with Gasteiger partial charge in [-0.3, -0.25) is 10.1 Å². The minimum Gasteiger partial charge on any atom is -0.453 e. The Kier molecular flexibility index (Phi) is 5.52. The first kappa shape index (κ1) is 16.0. The number of benzene rings is 1. The van der Waals surface area contributed by atoms with Gasteiger partial charge in [0.2, 0.25) is 5.91 Å². The molecule has 0 radical (unpaired) electrons. The van der Waals surface area contributed by atoms with Gasteiger partial charge in [0, 0.05) is 11.4 Å². The molecule has 4 N–H and O–H groups in total. The maximum Gasteiger partial charge on any atom is 0.411 e. The molecular formula is C14H21N3O3. The van der Waals surface area contributed by atoms with Crippen molar-refractivity contribution < 1.29 is 14.3 Å². The van der Waals surface area contributed by atoms with Crippen LogP contribution >= 0.6 is 0 Å². The highest BCUT2D eigenvalue weighted by Crippen LogP contribution is 2.19. The van der Waals surface area contributed by atoms with Crippen molar-refractivity contribution in [2.75, 3.05) is 17.7 Å². The Morgan fingerprint density at radius 1 is 1.20 bits per heavy atom. The van der Waals surface area contributed by atoms with Crippen molar-refractivity contribution >= 4 is 23.4 Å². The molecule has 6 nitrogen and oxygen atoms in total. The maximum absolute atomic E-state index is 12.1. The third-order valence-electron chi connectivity index (χ3n) is 3.27. The van der Waals surface area contributed by atoms with Gasteiger partial charge in [-0.1, -0.05) is 19.9 Å². The molecule has 0 spiro atoms. The van der Waals surface area contributed by atoms with Crippen LogP contribution in [-0.4, -0.2) is 24.6 Å². The molecule has 0 fully saturated rings. The Balaban J connectivity index is 2.80. The van der Waals surface area contributed by atoms with Crippen LogP contribution in [0, 0.1) is 0 Å². The van der Waals surface area contributed by atoms with Crippen molar-refractivity contribution in [1.82, 2.24) is 0 Å². The van der Waals surface area contributed by atoms with Gasteiger partial charge in [0.1, 0.15) is 0 Å². The number of amides is 2. The predicted octanol–water partition coefficient (Wildman–Crippen LogP) is 2.32. The van der Waals surface area contributed by atoms with E-state index in [1.807, 2.05) is 13.8 Å². The van der Waals surface area contributed by atoms with Crippen LogP contribution in [0.2, 0.25) is 0 Å². The fourth-order valence-corrected chi connectivity index (χ4v) is 1.67. The topological polar surface area (TPSA) is 93.5 Å². The molecule has 0 aromatic heterocycles. The number of ether oxygens (including phenoxy) is 1. The summed E-state index contributed by atoms with van der Waals surface area (Å²) in [5.41, 5.74) is 6.25. The van der Waals surface area contributed by atoms with Crippen molar-refractivity contribution in [2.24, 2.45) is 5.73 Å². The quantitative estimate of drug-likeness (QED) is 0.771. The van der Waals surface area contributed by atoms with E-state index in [-0.39, 0.29) is 5.91 Å². The Morgan fingerprint density at radius 2 is 1.75 bits per heavy atom. The van der Waals surface area contributed by atoms with E-state index in [1.54, 1.807) is 24.3 Å². The van der Waals surface area contributed by atoms with Gasteiger partial charge >= 0.3 is 6.09 Å². The molecule has 20 heavy (non-hydrogen) atoms. The Morgan fingerprint density at radius 3 is 2.25 bits per heavy atom. The Labute approximate surface area is 118 Å². The minimum atomic E-state index is -0.883. The summed E-state index contributed by atoms with van der Waals surface area (Å²) in [7, 11) is 1.28. The average molecular weight is 279 g/mol. The molecule has 0 atom stereocenters. The van der Waals surface area contributed by atoms with Crippen LogP contribution in [0.15, 0.2) is 24.3 Å². The number of hydrogen-bond donors (Lipinski definition) is 3. The molecule has 1 aromatic carbocycles. The molecule has 6 heteroatoms. The van der Waals surface area contributed by atoms with E-state index in [0.29, 0.717) is 24.2 Å². The lowest BCUT2D eigenvalue weighted by Gasteiger charge is -2.25. The zero-order chi connectivity index (χ0) is 15.2. The highest BCUT2D eigenvalue weighted by Gasteiger charge is 2.29. The summed E-state index contributed by atoms with van der Waals surface area (Å²) in [6.07, 6.45) is 0.536. The average Bonchev–Trinajstić information content (AvgIpc) is 2.46. The fraction of sp³-hybridized carbons (Fsp3) is 0.429. The molecule has 110 valence electrons. The molecule has 0 aliphatic heterocycles. The summed E-state index contributed by atoms with van der Waals surface area (Å²) in [4.78, 5) is 23.3. The monoisotopic (exact) mass is 279 g/mol. The molecule has 0 aliphatic carbocycles. The van der Waals surface area contributed by atoms with Crippen LogP contribution in [0.3, 0.4) is 0 Å².